The summed E-state index contributed by atoms with van der Waals surface area (Å²) in [5, 5.41) is 14.8. The van der Waals surface area contributed by atoms with Crippen LogP contribution in [0.15, 0.2) is 11.3 Å². The zero-order valence-corrected chi connectivity index (χ0v) is 15.5. The van der Waals surface area contributed by atoms with Gasteiger partial charge in [0.1, 0.15) is 12.2 Å². The fraction of sp³-hybridized carbons (Fsp3) is 0.824. The summed E-state index contributed by atoms with van der Waals surface area (Å²) >= 11 is 0. The molecule has 0 spiro atoms. The molecule has 7 nitrogen and oxygen atoms in total. The first-order valence-corrected chi connectivity index (χ1v) is 9.34. The Morgan fingerprint density at radius 2 is 2.21 bits per heavy atom. The van der Waals surface area contributed by atoms with Crippen LogP contribution in [0.3, 0.4) is 0 Å². The Kier molecular flexibility index (Phi) is 8.01. The van der Waals surface area contributed by atoms with Crippen LogP contribution in [0.1, 0.15) is 39.4 Å². The maximum absolute atomic E-state index is 4.71. The second kappa shape index (κ2) is 10.3. The smallest absolute Gasteiger partial charge is 0.191 e. The van der Waals surface area contributed by atoms with Crippen LogP contribution in [-0.4, -0.2) is 64.9 Å². The lowest BCUT2D eigenvalue weighted by atomic mass is 10.0. The van der Waals surface area contributed by atoms with Gasteiger partial charge in [-0.1, -0.05) is 13.8 Å². The number of piperidine rings is 1. The molecule has 1 aliphatic heterocycles. The summed E-state index contributed by atoms with van der Waals surface area (Å²) in [5.41, 5.74) is 0. The first-order valence-electron chi connectivity index (χ1n) is 9.34. The van der Waals surface area contributed by atoms with Gasteiger partial charge in [0.05, 0.1) is 6.54 Å². The van der Waals surface area contributed by atoms with E-state index in [1.54, 1.807) is 6.33 Å². The van der Waals surface area contributed by atoms with Gasteiger partial charge in [-0.3, -0.25) is 4.99 Å². The Morgan fingerprint density at radius 1 is 1.33 bits per heavy atom. The highest BCUT2D eigenvalue weighted by Gasteiger charge is 2.15. The Labute approximate surface area is 145 Å². The summed E-state index contributed by atoms with van der Waals surface area (Å²) in [6, 6.07) is 0. The molecule has 0 radical (unpaired) electrons. The van der Waals surface area contributed by atoms with E-state index in [-0.39, 0.29) is 0 Å². The number of nitrogens with zero attached hydrogens (tertiary/aromatic N) is 5. The van der Waals surface area contributed by atoms with Crippen LogP contribution in [0.2, 0.25) is 0 Å². The van der Waals surface area contributed by atoms with E-state index in [1.807, 2.05) is 0 Å². The average molecular weight is 336 g/mol. The molecule has 7 heteroatoms. The van der Waals surface area contributed by atoms with E-state index in [2.05, 4.69) is 51.1 Å². The van der Waals surface area contributed by atoms with Gasteiger partial charge in [-0.15, -0.1) is 10.2 Å². The van der Waals surface area contributed by atoms with Crippen LogP contribution in [0.25, 0.3) is 0 Å². The van der Waals surface area contributed by atoms with Crippen molar-refractivity contribution < 1.29 is 0 Å². The molecule has 2 N–H and O–H groups in total. The number of hydrogen-bond acceptors (Lipinski definition) is 4. The molecule has 1 aliphatic rings. The summed E-state index contributed by atoms with van der Waals surface area (Å²) in [4.78, 5) is 7.24. The van der Waals surface area contributed by atoms with Crippen molar-refractivity contribution in [1.29, 1.82) is 0 Å². The molecule has 1 aromatic rings. The number of rotatable bonds is 8. The minimum absolute atomic E-state index is 0.817. The van der Waals surface area contributed by atoms with E-state index in [1.165, 1.54) is 25.9 Å². The monoisotopic (exact) mass is 335 g/mol. The molecular weight excluding hydrogens is 302 g/mol. The zero-order chi connectivity index (χ0) is 17.2. The third-order valence-corrected chi connectivity index (χ3v) is 4.43. The first-order chi connectivity index (χ1) is 11.7. The molecule has 1 saturated heterocycles. The summed E-state index contributed by atoms with van der Waals surface area (Å²) in [6.45, 7) is 13.4. The van der Waals surface area contributed by atoms with E-state index in [0.29, 0.717) is 0 Å². The lowest BCUT2D eigenvalue weighted by Gasteiger charge is -2.30. The van der Waals surface area contributed by atoms with Gasteiger partial charge in [0, 0.05) is 39.1 Å². The molecule has 2 heterocycles. The van der Waals surface area contributed by atoms with Gasteiger partial charge in [0.15, 0.2) is 5.96 Å². The van der Waals surface area contributed by atoms with Gasteiger partial charge in [-0.05, 0) is 32.2 Å². The van der Waals surface area contributed by atoms with E-state index < -0.39 is 0 Å². The molecule has 0 amide bonds. The maximum Gasteiger partial charge on any atom is 0.191 e. The lowest BCUT2D eigenvalue weighted by molar-refractivity contribution is 0.189. The Bertz CT molecular complexity index is 497. The third-order valence-electron chi connectivity index (χ3n) is 4.43. The predicted octanol–water partition coefficient (Wildman–Crippen LogP) is 1.13. The number of aliphatic imine (C=N–C) groups is 1. The van der Waals surface area contributed by atoms with Crippen LogP contribution < -0.4 is 10.6 Å². The van der Waals surface area contributed by atoms with Crippen molar-refractivity contribution in [1.82, 2.24) is 30.3 Å². The van der Waals surface area contributed by atoms with Gasteiger partial charge >= 0.3 is 0 Å². The van der Waals surface area contributed by atoms with Crippen LogP contribution in [0.4, 0.5) is 0 Å². The quantitative estimate of drug-likeness (QED) is 0.550. The second-order valence-electron chi connectivity index (χ2n) is 6.53. The normalized spacial score (nSPS) is 19.5. The van der Waals surface area contributed by atoms with Gasteiger partial charge in [-0.25, -0.2) is 0 Å². The molecule has 0 saturated carbocycles. The average Bonchev–Trinajstić information content (AvgIpc) is 3.02. The summed E-state index contributed by atoms with van der Waals surface area (Å²) < 4.78 is 2.09. The van der Waals surface area contributed by atoms with E-state index >= 15 is 0 Å². The molecule has 2 rings (SSSR count). The van der Waals surface area contributed by atoms with Crippen LogP contribution >= 0.6 is 0 Å². The standard InChI is InChI=1S/C17H33N7/c1-4-16-22-21-14-24(16)12-9-20-17(18-5-2)19-8-11-23-10-6-7-15(3)13-23/h14-15H,4-13H2,1-3H3,(H2,18,19,20). The molecular formula is C17H33N7. The molecule has 1 atom stereocenters. The van der Waals surface area contributed by atoms with Gasteiger partial charge in [0.25, 0.3) is 0 Å². The third kappa shape index (κ3) is 6.11. The molecule has 1 aromatic heterocycles. The van der Waals surface area contributed by atoms with Crippen LogP contribution in [-0.2, 0) is 13.0 Å². The molecule has 0 aliphatic carbocycles. The van der Waals surface area contributed by atoms with Crippen molar-refractivity contribution in [2.45, 2.75) is 46.6 Å². The van der Waals surface area contributed by atoms with Gasteiger partial charge < -0.3 is 20.1 Å². The highest BCUT2D eigenvalue weighted by Crippen LogP contribution is 2.14. The fourth-order valence-corrected chi connectivity index (χ4v) is 3.17. The van der Waals surface area contributed by atoms with Crippen molar-refractivity contribution >= 4 is 5.96 Å². The largest absolute Gasteiger partial charge is 0.357 e. The Morgan fingerprint density at radius 3 is 2.96 bits per heavy atom. The van der Waals surface area contributed by atoms with E-state index in [4.69, 9.17) is 4.99 Å². The van der Waals surface area contributed by atoms with Crippen molar-refractivity contribution in [2.24, 2.45) is 10.9 Å². The number of aromatic nitrogens is 3. The number of nitrogens with one attached hydrogen (secondary N) is 2. The SMILES string of the molecule is CCNC(=NCCN1CCCC(C)C1)NCCn1cnnc1CC. The van der Waals surface area contributed by atoms with Crippen molar-refractivity contribution in [3.8, 4) is 0 Å². The highest BCUT2D eigenvalue weighted by atomic mass is 15.3. The Hall–Kier alpha value is -1.63. The summed E-state index contributed by atoms with van der Waals surface area (Å²) in [6.07, 6.45) is 5.39. The summed E-state index contributed by atoms with van der Waals surface area (Å²) in [7, 11) is 0. The predicted molar refractivity (Wildman–Crippen MR) is 98.2 cm³/mol. The minimum atomic E-state index is 0.817. The maximum atomic E-state index is 4.71. The van der Waals surface area contributed by atoms with Gasteiger partial charge in [-0.2, -0.15) is 0 Å². The molecule has 24 heavy (non-hydrogen) atoms. The van der Waals surface area contributed by atoms with Crippen molar-refractivity contribution in [2.75, 3.05) is 39.3 Å². The number of aryl methyl sites for hydroxylation is 1. The molecule has 1 fully saturated rings. The molecule has 0 bridgehead atoms. The number of guanidine groups is 1. The number of hydrogen-bond donors (Lipinski definition) is 2. The molecule has 0 aromatic carbocycles. The lowest BCUT2D eigenvalue weighted by Crippen LogP contribution is -2.40. The number of likely N-dealkylation sites (tertiary alicyclic amines) is 1. The van der Waals surface area contributed by atoms with Crippen LogP contribution in [0, 0.1) is 5.92 Å². The topological polar surface area (TPSA) is 70.4 Å². The molecule has 136 valence electrons. The van der Waals surface area contributed by atoms with Crippen molar-refractivity contribution in [3.63, 3.8) is 0 Å². The van der Waals surface area contributed by atoms with Crippen LogP contribution in [0.5, 0.6) is 0 Å². The highest BCUT2D eigenvalue weighted by molar-refractivity contribution is 5.79. The van der Waals surface area contributed by atoms with Crippen molar-refractivity contribution in [3.05, 3.63) is 12.2 Å². The summed E-state index contributed by atoms with van der Waals surface area (Å²) in [5.74, 6) is 2.75. The Balaban J connectivity index is 1.73. The minimum Gasteiger partial charge on any atom is -0.357 e. The first kappa shape index (κ1) is 18.7. The molecule has 1 unspecified atom stereocenters. The zero-order valence-electron chi connectivity index (χ0n) is 15.5. The second-order valence-corrected chi connectivity index (χ2v) is 6.53. The van der Waals surface area contributed by atoms with E-state index in [9.17, 15) is 0 Å². The fourth-order valence-electron chi connectivity index (χ4n) is 3.17. The van der Waals surface area contributed by atoms with E-state index in [0.717, 1.165) is 56.8 Å². The van der Waals surface area contributed by atoms with Gasteiger partial charge in [0.2, 0.25) is 0 Å².